The van der Waals surface area contributed by atoms with Crippen LogP contribution in [0.3, 0.4) is 0 Å². The van der Waals surface area contributed by atoms with Crippen molar-refractivity contribution in [1.29, 1.82) is 0 Å². The second-order valence-electron chi connectivity index (χ2n) is 4.50. The summed E-state index contributed by atoms with van der Waals surface area (Å²) in [6, 6.07) is 7.40. The number of terminal acetylenes is 1. The highest BCUT2D eigenvalue weighted by Crippen LogP contribution is 2.09. The van der Waals surface area contributed by atoms with Gasteiger partial charge in [-0.25, -0.2) is 0 Å². The second kappa shape index (κ2) is 10.0. The van der Waals surface area contributed by atoms with Crippen molar-refractivity contribution in [3.8, 4) is 12.3 Å². The van der Waals surface area contributed by atoms with Crippen molar-refractivity contribution in [3.05, 3.63) is 29.8 Å². The average molecular weight is 400 g/mol. The summed E-state index contributed by atoms with van der Waals surface area (Å²) in [4.78, 5) is 15.8. The van der Waals surface area contributed by atoms with E-state index in [2.05, 4.69) is 26.9 Å². The fourth-order valence-electron chi connectivity index (χ4n) is 1.52. The molecule has 6 heteroatoms. The molecule has 5 nitrogen and oxygen atoms in total. The van der Waals surface area contributed by atoms with Gasteiger partial charge < -0.3 is 16.0 Å². The maximum atomic E-state index is 11.8. The quantitative estimate of drug-likeness (QED) is 0.313. The Hall–Kier alpha value is -1.75. The van der Waals surface area contributed by atoms with E-state index in [9.17, 15) is 4.79 Å². The number of benzene rings is 1. The summed E-state index contributed by atoms with van der Waals surface area (Å²) in [6.07, 6.45) is 5.31. The van der Waals surface area contributed by atoms with E-state index in [0.717, 1.165) is 5.56 Å². The van der Waals surface area contributed by atoms with Crippen molar-refractivity contribution in [1.82, 2.24) is 10.6 Å². The molecule has 0 unspecified atom stereocenters. The van der Waals surface area contributed by atoms with Crippen molar-refractivity contribution >= 4 is 41.5 Å². The number of carbonyl (C=O) groups is 1. The lowest BCUT2D eigenvalue weighted by atomic mass is 10.2. The van der Waals surface area contributed by atoms with Crippen molar-refractivity contribution < 1.29 is 4.79 Å². The highest BCUT2D eigenvalue weighted by Gasteiger charge is 2.05. The van der Waals surface area contributed by atoms with E-state index >= 15 is 0 Å². The molecule has 1 aromatic carbocycles. The van der Waals surface area contributed by atoms with Crippen molar-refractivity contribution in [2.45, 2.75) is 19.9 Å². The normalized spacial score (nSPS) is 10.3. The molecule has 0 radical (unpaired) electrons. The highest BCUT2D eigenvalue weighted by molar-refractivity contribution is 14.0. The van der Waals surface area contributed by atoms with Crippen LogP contribution in [0.5, 0.6) is 0 Å². The number of amides is 1. The fourth-order valence-corrected chi connectivity index (χ4v) is 1.52. The van der Waals surface area contributed by atoms with Gasteiger partial charge in [-0.2, -0.15) is 0 Å². The minimum absolute atomic E-state index is 0. The highest BCUT2D eigenvalue weighted by atomic mass is 127. The Bertz CT molecular complexity index is 535. The number of anilines is 1. The van der Waals surface area contributed by atoms with E-state index < -0.39 is 0 Å². The molecule has 0 aliphatic rings. The van der Waals surface area contributed by atoms with E-state index in [1.165, 1.54) is 0 Å². The van der Waals surface area contributed by atoms with Gasteiger partial charge in [-0.15, -0.1) is 30.4 Å². The Kier molecular flexibility index (Phi) is 9.21. The van der Waals surface area contributed by atoms with Crippen LogP contribution in [-0.4, -0.2) is 31.5 Å². The molecule has 0 heterocycles. The predicted molar refractivity (Wildman–Crippen MR) is 98.1 cm³/mol. The Morgan fingerprint density at radius 1 is 1.43 bits per heavy atom. The van der Waals surface area contributed by atoms with Gasteiger partial charge in [-0.1, -0.05) is 12.0 Å². The Morgan fingerprint density at radius 3 is 2.71 bits per heavy atom. The lowest BCUT2D eigenvalue weighted by molar-refractivity contribution is -0.115. The summed E-state index contributed by atoms with van der Waals surface area (Å²) >= 11 is 0. The average Bonchev–Trinajstić information content (AvgIpc) is 2.43. The molecule has 1 amide bonds. The van der Waals surface area contributed by atoms with Gasteiger partial charge in [0.25, 0.3) is 0 Å². The first kappa shape index (κ1) is 19.2. The smallest absolute Gasteiger partial charge is 0.243 e. The van der Waals surface area contributed by atoms with E-state index in [1.54, 1.807) is 25.2 Å². The number of guanidine groups is 1. The van der Waals surface area contributed by atoms with Crippen molar-refractivity contribution in [2.75, 3.05) is 18.9 Å². The van der Waals surface area contributed by atoms with Gasteiger partial charge in [-0.3, -0.25) is 9.79 Å². The topological polar surface area (TPSA) is 65.5 Å². The largest absolute Gasteiger partial charge is 0.354 e. The van der Waals surface area contributed by atoms with E-state index in [1.807, 2.05) is 19.9 Å². The molecular formula is C15H21IN4O. The zero-order valence-corrected chi connectivity index (χ0v) is 14.8. The zero-order valence-electron chi connectivity index (χ0n) is 12.4. The first-order valence-corrected chi connectivity index (χ1v) is 6.39. The first-order chi connectivity index (χ1) is 9.55. The zero-order chi connectivity index (χ0) is 15.0. The molecule has 0 saturated heterocycles. The van der Waals surface area contributed by atoms with Gasteiger partial charge in [0.2, 0.25) is 5.91 Å². The maximum Gasteiger partial charge on any atom is 0.243 e. The number of halogens is 1. The molecule has 114 valence electrons. The summed E-state index contributed by atoms with van der Waals surface area (Å²) in [5.74, 6) is 2.95. The minimum Gasteiger partial charge on any atom is -0.354 e. The molecule has 0 bridgehead atoms. The van der Waals surface area contributed by atoms with Crippen LogP contribution < -0.4 is 16.0 Å². The number of aliphatic imine (C=N–C) groups is 1. The van der Waals surface area contributed by atoms with E-state index in [4.69, 9.17) is 6.42 Å². The molecule has 0 saturated carbocycles. The van der Waals surface area contributed by atoms with E-state index in [0.29, 0.717) is 11.6 Å². The summed E-state index contributed by atoms with van der Waals surface area (Å²) in [5.41, 5.74) is 1.41. The van der Waals surface area contributed by atoms with Crippen LogP contribution in [0.15, 0.2) is 29.3 Å². The summed E-state index contributed by atoms with van der Waals surface area (Å²) in [6.45, 7) is 4.13. The maximum absolute atomic E-state index is 11.8. The first-order valence-electron chi connectivity index (χ1n) is 6.39. The van der Waals surface area contributed by atoms with Crippen LogP contribution in [0.1, 0.15) is 19.4 Å². The lowest BCUT2D eigenvalue weighted by Crippen LogP contribution is -2.44. The van der Waals surface area contributed by atoms with Gasteiger partial charge in [-0.05, 0) is 32.0 Å². The predicted octanol–water partition coefficient (Wildman–Crippen LogP) is 1.80. The monoisotopic (exact) mass is 400 g/mol. The van der Waals surface area contributed by atoms with Crippen molar-refractivity contribution in [2.24, 2.45) is 4.99 Å². The molecule has 0 fully saturated rings. The van der Waals surface area contributed by atoms with Crippen molar-refractivity contribution in [3.63, 3.8) is 0 Å². The molecule has 0 aliphatic heterocycles. The van der Waals surface area contributed by atoms with Crippen LogP contribution in [0.2, 0.25) is 0 Å². The van der Waals surface area contributed by atoms with Gasteiger partial charge in [0.1, 0.15) is 0 Å². The molecule has 0 aliphatic carbocycles. The Balaban J connectivity index is 0.00000400. The standard InChI is InChI=1S/C15H20N4O.HI/c1-5-12-7-6-8-13(9-12)19-14(20)10-17-15(16-4)18-11(2)3;/h1,6-9,11H,10H2,2-4H3,(H,19,20)(H2,16,17,18);1H. The SMILES string of the molecule is C#Cc1cccc(NC(=O)CNC(=NC)NC(C)C)c1.I. The summed E-state index contributed by atoms with van der Waals surface area (Å²) in [5, 5.41) is 8.80. The van der Waals surface area contributed by atoms with Gasteiger partial charge >= 0.3 is 0 Å². The summed E-state index contributed by atoms with van der Waals surface area (Å²) in [7, 11) is 1.66. The third-order valence-electron chi connectivity index (χ3n) is 2.38. The Labute approximate surface area is 143 Å². The van der Waals surface area contributed by atoms with Gasteiger partial charge in [0, 0.05) is 24.3 Å². The third-order valence-corrected chi connectivity index (χ3v) is 2.38. The van der Waals surface area contributed by atoms with E-state index in [-0.39, 0.29) is 42.5 Å². The Morgan fingerprint density at radius 2 is 2.14 bits per heavy atom. The van der Waals surface area contributed by atoms with Gasteiger partial charge in [0.05, 0.1) is 6.54 Å². The number of hydrogen-bond acceptors (Lipinski definition) is 2. The van der Waals surface area contributed by atoms with Crippen LogP contribution in [0.25, 0.3) is 0 Å². The molecule has 0 atom stereocenters. The van der Waals surface area contributed by atoms with Crippen LogP contribution in [-0.2, 0) is 4.79 Å². The molecule has 21 heavy (non-hydrogen) atoms. The van der Waals surface area contributed by atoms with Crippen LogP contribution >= 0.6 is 24.0 Å². The number of hydrogen-bond donors (Lipinski definition) is 3. The molecule has 0 aromatic heterocycles. The molecule has 1 rings (SSSR count). The number of nitrogens with zero attached hydrogens (tertiary/aromatic N) is 1. The van der Waals surface area contributed by atoms with Gasteiger partial charge in [0.15, 0.2) is 5.96 Å². The second-order valence-corrected chi connectivity index (χ2v) is 4.50. The van der Waals surface area contributed by atoms with Crippen LogP contribution in [0.4, 0.5) is 5.69 Å². The lowest BCUT2D eigenvalue weighted by Gasteiger charge is -2.14. The summed E-state index contributed by atoms with van der Waals surface area (Å²) < 4.78 is 0. The number of carbonyl (C=O) groups excluding carboxylic acids is 1. The molecular weight excluding hydrogens is 379 g/mol. The molecule has 0 spiro atoms. The third kappa shape index (κ3) is 7.56. The van der Waals surface area contributed by atoms with Crippen LogP contribution in [0, 0.1) is 12.3 Å². The molecule has 1 aromatic rings. The number of nitrogens with one attached hydrogen (secondary N) is 3. The molecule has 3 N–H and O–H groups in total. The minimum atomic E-state index is -0.161. The fraction of sp³-hybridized carbons (Fsp3) is 0.333. The number of rotatable bonds is 4.